The Labute approximate surface area is 109 Å². The molecule has 0 bridgehead atoms. The van der Waals surface area contributed by atoms with Crippen LogP contribution >= 0.6 is 11.6 Å². The maximum absolute atomic E-state index is 12.7. The van der Waals surface area contributed by atoms with Gasteiger partial charge in [0, 0.05) is 11.1 Å². The molecule has 0 fully saturated rings. The fourth-order valence-corrected chi connectivity index (χ4v) is 1.57. The molecule has 2 nitrogen and oxygen atoms in total. The molecule has 18 heavy (non-hydrogen) atoms. The maximum Gasteiger partial charge on any atom is 0.416 e. The first kappa shape index (κ1) is 15.3. The zero-order valence-corrected chi connectivity index (χ0v) is 10.6. The predicted molar refractivity (Wildman–Crippen MR) is 64.4 cm³/mol. The lowest BCUT2D eigenvalue weighted by molar-refractivity contribution is -0.229. The highest BCUT2D eigenvalue weighted by atomic mass is 35.5. The number of halogens is 4. The molecule has 102 valence electrons. The summed E-state index contributed by atoms with van der Waals surface area (Å²) in [5.74, 6) is 0. The fourth-order valence-electron chi connectivity index (χ4n) is 1.44. The van der Waals surface area contributed by atoms with Gasteiger partial charge in [-0.1, -0.05) is 30.7 Å². The molecule has 0 aliphatic heterocycles. The lowest BCUT2D eigenvalue weighted by Crippen LogP contribution is -2.46. The summed E-state index contributed by atoms with van der Waals surface area (Å²) in [4.78, 5) is 0. The molecule has 0 aliphatic carbocycles. The van der Waals surface area contributed by atoms with Gasteiger partial charge in [0.2, 0.25) is 0 Å². The molecule has 0 saturated heterocycles. The molecular formula is C12H15ClF3NO. The molecule has 1 aromatic carbocycles. The molecule has 2 atom stereocenters. The van der Waals surface area contributed by atoms with E-state index in [1.165, 1.54) is 0 Å². The van der Waals surface area contributed by atoms with Gasteiger partial charge in [-0.25, -0.2) is 0 Å². The van der Waals surface area contributed by atoms with E-state index < -0.39 is 18.3 Å². The van der Waals surface area contributed by atoms with Gasteiger partial charge in [0.05, 0.1) is 6.61 Å². The average Bonchev–Trinajstić information content (AvgIpc) is 2.29. The second kappa shape index (κ2) is 6.41. The van der Waals surface area contributed by atoms with E-state index in [0.29, 0.717) is 10.6 Å². The van der Waals surface area contributed by atoms with Gasteiger partial charge in [-0.15, -0.1) is 0 Å². The highest BCUT2D eigenvalue weighted by molar-refractivity contribution is 6.30. The van der Waals surface area contributed by atoms with Gasteiger partial charge in [0.25, 0.3) is 0 Å². The summed E-state index contributed by atoms with van der Waals surface area (Å²) < 4.78 is 43.0. The van der Waals surface area contributed by atoms with Crippen LogP contribution in [-0.4, -0.2) is 18.3 Å². The number of hydrogen-bond donors (Lipinski definition) is 1. The van der Waals surface area contributed by atoms with Gasteiger partial charge in [-0.2, -0.15) is 13.2 Å². The smallest absolute Gasteiger partial charge is 0.362 e. The van der Waals surface area contributed by atoms with E-state index in [0.717, 1.165) is 0 Å². The molecule has 0 aliphatic rings. The molecule has 1 aromatic rings. The molecular weight excluding hydrogens is 267 g/mol. The second-order valence-electron chi connectivity index (χ2n) is 3.97. The second-order valence-corrected chi connectivity index (χ2v) is 4.41. The summed E-state index contributed by atoms with van der Waals surface area (Å²) in [6.07, 6.45) is -6.20. The van der Waals surface area contributed by atoms with Gasteiger partial charge in [-0.3, -0.25) is 0 Å². The molecule has 0 amide bonds. The number of benzene rings is 1. The van der Waals surface area contributed by atoms with Crippen molar-refractivity contribution in [2.45, 2.75) is 38.3 Å². The van der Waals surface area contributed by atoms with Crippen LogP contribution in [0.15, 0.2) is 24.3 Å². The Balaban J connectivity index is 2.65. The molecule has 0 radical (unpaired) electrons. The van der Waals surface area contributed by atoms with E-state index in [4.69, 9.17) is 22.1 Å². The van der Waals surface area contributed by atoms with Gasteiger partial charge in [0.1, 0.15) is 0 Å². The number of hydrogen-bond acceptors (Lipinski definition) is 2. The quantitative estimate of drug-likeness (QED) is 0.896. The first-order valence-corrected chi connectivity index (χ1v) is 5.90. The van der Waals surface area contributed by atoms with Crippen molar-refractivity contribution < 1.29 is 17.9 Å². The van der Waals surface area contributed by atoms with Crippen LogP contribution in [0.2, 0.25) is 5.02 Å². The molecule has 0 aromatic heterocycles. The van der Waals surface area contributed by atoms with E-state index in [1.54, 1.807) is 31.2 Å². The summed E-state index contributed by atoms with van der Waals surface area (Å²) in [6.45, 7) is 1.45. The van der Waals surface area contributed by atoms with Crippen LogP contribution in [0.4, 0.5) is 13.2 Å². The number of nitrogens with two attached hydrogens (primary N) is 1. The molecule has 1 rings (SSSR count). The van der Waals surface area contributed by atoms with Gasteiger partial charge in [-0.05, 0) is 24.1 Å². The molecule has 6 heteroatoms. The van der Waals surface area contributed by atoms with E-state index >= 15 is 0 Å². The van der Waals surface area contributed by atoms with Crippen LogP contribution in [-0.2, 0) is 11.3 Å². The summed E-state index contributed by atoms with van der Waals surface area (Å²) in [5.41, 5.74) is 6.05. The molecule has 0 spiro atoms. The van der Waals surface area contributed by atoms with Crippen LogP contribution in [0.5, 0.6) is 0 Å². The van der Waals surface area contributed by atoms with Crippen molar-refractivity contribution in [3.05, 3.63) is 34.9 Å². The van der Waals surface area contributed by atoms with Crippen LogP contribution in [0.1, 0.15) is 18.9 Å². The third-order valence-corrected chi connectivity index (χ3v) is 2.78. The highest BCUT2D eigenvalue weighted by Gasteiger charge is 2.43. The number of rotatable bonds is 5. The van der Waals surface area contributed by atoms with Gasteiger partial charge in [0.15, 0.2) is 6.10 Å². The third-order valence-electron chi connectivity index (χ3n) is 2.53. The number of ether oxygens (including phenoxy) is 1. The molecule has 0 heterocycles. The standard InChI is InChI=1S/C12H15ClF3NO/c1-2-10(17)11(12(14,15)16)18-7-8-3-5-9(13)6-4-8/h3-6,10-11H,2,7,17H2,1H3. The van der Waals surface area contributed by atoms with Crippen molar-refractivity contribution in [2.24, 2.45) is 5.73 Å². The van der Waals surface area contributed by atoms with Crippen LogP contribution in [0.3, 0.4) is 0 Å². The van der Waals surface area contributed by atoms with Crippen LogP contribution in [0.25, 0.3) is 0 Å². The lowest BCUT2D eigenvalue weighted by Gasteiger charge is -2.25. The van der Waals surface area contributed by atoms with Gasteiger partial charge >= 0.3 is 6.18 Å². The van der Waals surface area contributed by atoms with Crippen molar-refractivity contribution >= 4 is 11.6 Å². The minimum Gasteiger partial charge on any atom is -0.362 e. The van der Waals surface area contributed by atoms with Gasteiger partial charge < -0.3 is 10.5 Å². The summed E-state index contributed by atoms with van der Waals surface area (Å²) in [5, 5.41) is 0.524. The monoisotopic (exact) mass is 281 g/mol. The Morgan fingerprint density at radius 2 is 1.83 bits per heavy atom. The first-order chi connectivity index (χ1) is 8.34. The lowest BCUT2D eigenvalue weighted by atomic mass is 10.1. The Bertz CT molecular complexity index is 367. The summed E-state index contributed by atoms with van der Waals surface area (Å²) in [6, 6.07) is 5.38. The van der Waals surface area contributed by atoms with Crippen LogP contribution in [0, 0.1) is 0 Å². The summed E-state index contributed by atoms with van der Waals surface area (Å²) in [7, 11) is 0. The van der Waals surface area contributed by atoms with E-state index in [-0.39, 0.29) is 13.0 Å². The van der Waals surface area contributed by atoms with Crippen molar-refractivity contribution in [2.75, 3.05) is 0 Å². The van der Waals surface area contributed by atoms with E-state index in [1.807, 2.05) is 0 Å². The van der Waals surface area contributed by atoms with Crippen molar-refractivity contribution in [1.29, 1.82) is 0 Å². The topological polar surface area (TPSA) is 35.2 Å². The zero-order chi connectivity index (χ0) is 13.8. The largest absolute Gasteiger partial charge is 0.416 e. The van der Waals surface area contributed by atoms with Crippen molar-refractivity contribution in [1.82, 2.24) is 0 Å². The zero-order valence-electron chi connectivity index (χ0n) is 9.88. The maximum atomic E-state index is 12.7. The minimum absolute atomic E-state index is 0.144. The molecule has 0 saturated carbocycles. The molecule has 2 N–H and O–H groups in total. The molecule has 2 unspecified atom stereocenters. The highest BCUT2D eigenvalue weighted by Crippen LogP contribution is 2.26. The Morgan fingerprint density at radius 1 is 1.28 bits per heavy atom. The number of alkyl halides is 3. The predicted octanol–water partition coefficient (Wildman–Crippen LogP) is 3.52. The van der Waals surface area contributed by atoms with E-state index in [2.05, 4.69) is 0 Å². The first-order valence-electron chi connectivity index (χ1n) is 5.53. The Kier molecular flexibility index (Phi) is 5.44. The normalized spacial score (nSPS) is 15.4. The van der Waals surface area contributed by atoms with E-state index in [9.17, 15) is 13.2 Å². The fraction of sp³-hybridized carbons (Fsp3) is 0.500. The minimum atomic E-state index is -4.46. The van der Waals surface area contributed by atoms with Crippen molar-refractivity contribution in [3.8, 4) is 0 Å². The summed E-state index contributed by atoms with van der Waals surface area (Å²) >= 11 is 5.68. The Hall–Kier alpha value is -0.780. The Morgan fingerprint density at radius 3 is 2.28 bits per heavy atom. The van der Waals surface area contributed by atoms with Crippen molar-refractivity contribution in [3.63, 3.8) is 0 Å². The third kappa shape index (κ3) is 4.48. The average molecular weight is 282 g/mol. The van der Waals surface area contributed by atoms with Crippen LogP contribution < -0.4 is 5.73 Å². The SMILES string of the molecule is CCC(N)C(OCc1ccc(Cl)cc1)C(F)(F)F.